The molecule has 0 spiro atoms. The molecule has 0 aromatic carbocycles. The number of nitrogens with two attached hydrogens (primary N) is 1. The molecule has 1 aliphatic rings. The molecule has 2 aromatic heterocycles. The van der Waals surface area contributed by atoms with Crippen LogP contribution in [0.1, 0.15) is 27.5 Å². The number of hydrogen-bond acceptors (Lipinski definition) is 4. The second-order valence-electron chi connectivity index (χ2n) is 4.85. The second kappa shape index (κ2) is 4.47. The smallest absolute Gasteiger partial charge is 0.356 e. The van der Waals surface area contributed by atoms with Gasteiger partial charge in [0.25, 0.3) is 0 Å². The molecule has 3 N–H and O–H groups in total. The van der Waals surface area contributed by atoms with Crippen LogP contribution in [0.5, 0.6) is 0 Å². The number of imidazole rings is 1. The van der Waals surface area contributed by atoms with Gasteiger partial charge in [-0.1, -0.05) is 0 Å². The van der Waals surface area contributed by atoms with Crippen LogP contribution < -0.4 is 5.73 Å². The molecule has 2 aromatic rings. The summed E-state index contributed by atoms with van der Waals surface area (Å²) in [6.07, 6.45) is 1.44. The van der Waals surface area contributed by atoms with Crippen molar-refractivity contribution in [2.45, 2.75) is 32.4 Å². The monoisotopic (exact) mass is 277 g/mol. The fourth-order valence-corrected chi connectivity index (χ4v) is 3.36. The minimum Gasteiger partial charge on any atom is -0.476 e. The molecule has 0 bridgehead atoms. The zero-order valence-electron chi connectivity index (χ0n) is 10.6. The van der Waals surface area contributed by atoms with Crippen LogP contribution in [0.15, 0.2) is 12.1 Å². The summed E-state index contributed by atoms with van der Waals surface area (Å²) < 4.78 is 2.01. The molecule has 19 heavy (non-hydrogen) atoms. The zero-order valence-corrected chi connectivity index (χ0v) is 11.4. The van der Waals surface area contributed by atoms with Crippen molar-refractivity contribution in [3.05, 3.63) is 28.4 Å². The predicted molar refractivity (Wildman–Crippen MR) is 73.5 cm³/mol. The summed E-state index contributed by atoms with van der Waals surface area (Å²) in [7, 11) is 0. The highest BCUT2D eigenvalue weighted by Crippen LogP contribution is 2.31. The van der Waals surface area contributed by atoms with Crippen molar-refractivity contribution in [1.29, 1.82) is 0 Å². The molecule has 0 saturated heterocycles. The van der Waals surface area contributed by atoms with E-state index in [1.807, 2.05) is 23.6 Å². The van der Waals surface area contributed by atoms with Crippen molar-refractivity contribution >= 4 is 17.3 Å². The highest BCUT2D eigenvalue weighted by molar-refractivity contribution is 7.15. The first-order valence-corrected chi connectivity index (χ1v) is 7.03. The van der Waals surface area contributed by atoms with Gasteiger partial charge in [-0.05, 0) is 25.5 Å². The number of carboxylic acids is 1. The lowest BCUT2D eigenvalue weighted by molar-refractivity contribution is 0.0689. The van der Waals surface area contributed by atoms with Crippen molar-refractivity contribution in [3.63, 3.8) is 0 Å². The maximum Gasteiger partial charge on any atom is 0.356 e. The quantitative estimate of drug-likeness (QED) is 0.878. The molecule has 3 heterocycles. The van der Waals surface area contributed by atoms with Gasteiger partial charge in [-0.2, -0.15) is 0 Å². The van der Waals surface area contributed by atoms with Crippen LogP contribution in [-0.2, 0) is 13.0 Å². The van der Waals surface area contributed by atoms with Gasteiger partial charge in [0.15, 0.2) is 11.5 Å². The molecule has 0 saturated carbocycles. The summed E-state index contributed by atoms with van der Waals surface area (Å²) >= 11 is 1.63. The number of carboxylic acid groups (broad SMARTS) is 1. The Kier molecular flexibility index (Phi) is 2.91. The van der Waals surface area contributed by atoms with Crippen LogP contribution in [0.2, 0.25) is 0 Å². The van der Waals surface area contributed by atoms with E-state index in [2.05, 4.69) is 4.98 Å². The Labute approximate surface area is 114 Å². The number of aromatic carboxylic acids is 1. The molecule has 1 unspecified atom stereocenters. The zero-order chi connectivity index (χ0) is 13.6. The van der Waals surface area contributed by atoms with Crippen molar-refractivity contribution < 1.29 is 9.90 Å². The van der Waals surface area contributed by atoms with E-state index in [4.69, 9.17) is 5.73 Å². The molecule has 0 fully saturated rings. The third kappa shape index (κ3) is 2.06. The van der Waals surface area contributed by atoms with Crippen molar-refractivity contribution in [3.8, 4) is 10.7 Å². The fourth-order valence-electron chi connectivity index (χ4n) is 2.49. The van der Waals surface area contributed by atoms with E-state index in [-0.39, 0.29) is 11.7 Å². The van der Waals surface area contributed by atoms with Crippen molar-refractivity contribution in [2.75, 3.05) is 0 Å². The Bertz CT molecular complexity index is 644. The van der Waals surface area contributed by atoms with Crippen LogP contribution in [0, 0.1) is 6.92 Å². The van der Waals surface area contributed by atoms with Crippen molar-refractivity contribution in [1.82, 2.24) is 9.55 Å². The summed E-state index contributed by atoms with van der Waals surface area (Å²) in [5, 5.41) is 9.28. The summed E-state index contributed by atoms with van der Waals surface area (Å²) in [6.45, 7) is 2.77. The van der Waals surface area contributed by atoms with Gasteiger partial charge in [-0.25, -0.2) is 9.78 Å². The van der Waals surface area contributed by atoms with Crippen molar-refractivity contribution in [2.24, 2.45) is 5.73 Å². The number of aryl methyl sites for hydroxylation is 1. The van der Waals surface area contributed by atoms with E-state index in [9.17, 15) is 9.90 Å². The van der Waals surface area contributed by atoms with E-state index in [0.29, 0.717) is 6.42 Å². The third-order valence-corrected chi connectivity index (χ3v) is 4.41. The van der Waals surface area contributed by atoms with Gasteiger partial charge in [-0.3, -0.25) is 0 Å². The summed E-state index contributed by atoms with van der Waals surface area (Å²) in [5.74, 6) is -0.213. The van der Waals surface area contributed by atoms with Crippen LogP contribution in [0.4, 0.5) is 0 Å². The first-order valence-electron chi connectivity index (χ1n) is 6.21. The number of nitrogens with zero attached hydrogens (tertiary/aromatic N) is 2. The highest BCUT2D eigenvalue weighted by atomic mass is 32.1. The van der Waals surface area contributed by atoms with Gasteiger partial charge >= 0.3 is 5.97 Å². The van der Waals surface area contributed by atoms with Crippen LogP contribution >= 0.6 is 11.3 Å². The lowest BCUT2D eigenvalue weighted by atomic mass is 10.0. The minimum absolute atomic E-state index is 0.0280. The minimum atomic E-state index is -0.975. The third-order valence-electron chi connectivity index (χ3n) is 3.41. The van der Waals surface area contributed by atoms with Gasteiger partial charge in [0.1, 0.15) is 0 Å². The Morgan fingerprint density at radius 2 is 2.37 bits per heavy atom. The largest absolute Gasteiger partial charge is 0.476 e. The lowest BCUT2D eigenvalue weighted by Crippen LogP contribution is -2.31. The molecule has 1 aliphatic heterocycles. The lowest BCUT2D eigenvalue weighted by Gasteiger charge is -2.21. The van der Waals surface area contributed by atoms with E-state index in [0.717, 1.165) is 29.4 Å². The molecule has 0 aliphatic carbocycles. The second-order valence-corrected chi connectivity index (χ2v) is 6.14. The summed E-state index contributed by atoms with van der Waals surface area (Å²) in [5.41, 5.74) is 6.85. The first kappa shape index (κ1) is 12.4. The van der Waals surface area contributed by atoms with Gasteiger partial charge in [-0.15, -0.1) is 11.3 Å². The highest BCUT2D eigenvalue weighted by Gasteiger charge is 2.27. The molecule has 100 valence electrons. The molecule has 5 nitrogen and oxygen atoms in total. The van der Waals surface area contributed by atoms with Crippen LogP contribution in [-0.4, -0.2) is 26.7 Å². The summed E-state index contributed by atoms with van der Waals surface area (Å²) in [6, 6.07) is 4.05. The maximum absolute atomic E-state index is 11.3. The van der Waals surface area contributed by atoms with Gasteiger partial charge in [0.05, 0.1) is 10.6 Å². The molecule has 3 rings (SSSR count). The Morgan fingerprint density at radius 1 is 1.58 bits per heavy atom. The number of hydrogen-bond donors (Lipinski definition) is 2. The Hall–Kier alpha value is -1.66. The Balaban J connectivity index is 2.16. The number of rotatable bonds is 2. The number of thiophene rings is 1. The molecule has 1 atom stereocenters. The molecule has 6 heteroatoms. The van der Waals surface area contributed by atoms with E-state index in [1.165, 1.54) is 4.88 Å². The van der Waals surface area contributed by atoms with E-state index in [1.54, 1.807) is 11.3 Å². The SMILES string of the molecule is Cc1ccc(-c2nc(C(=O)O)c3n2CCC(N)C3)s1. The summed E-state index contributed by atoms with van der Waals surface area (Å²) in [4.78, 5) is 17.9. The number of fused-ring (bicyclic) bond motifs is 1. The average molecular weight is 277 g/mol. The van der Waals surface area contributed by atoms with Gasteiger partial charge in [0, 0.05) is 23.9 Å². The fraction of sp³-hybridized carbons (Fsp3) is 0.385. The van der Waals surface area contributed by atoms with E-state index < -0.39 is 5.97 Å². The normalized spacial score (nSPS) is 18.3. The molecule has 0 radical (unpaired) electrons. The maximum atomic E-state index is 11.3. The van der Waals surface area contributed by atoms with Gasteiger partial charge in [0.2, 0.25) is 0 Å². The van der Waals surface area contributed by atoms with Crippen LogP contribution in [0.25, 0.3) is 10.7 Å². The predicted octanol–water partition coefficient (Wildman–Crippen LogP) is 1.89. The number of aromatic nitrogens is 2. The topological polar surface area (TPSA) is 81.1 Å². The number of carbonyl (C=O) groups is 1. The average Bonchev–Trinajstić information content (AvgIpc) is 2.92. The molecule has 0 amide bonds. The molecular weight excluding hydrogens is 262 g/mol. The van der Waals surface area contributed by atoms with E-state index >= 15 is 0 Å². The Morgan fingerprint density at radius 3 is 3.00 bits per heavy atom. The van der Waals surface area contributed by atoms with Gasteiger partial charge < -0.3 is 15.4 Å². The first-order chi connectivity index (χ1) is 9.06. The van der Waals surface area contributed by atoms with Crippen LogP contribution in [0.3, 0.4) is 0 Å². The molecular formula is C13H15N3O2S. The standard InChI is InChI=1S/C13H15N3O2S/c1-7-2-3-10(19-7)12-15-11(13(17)18)9-6-8(14)4-5-16(9)12/h2-3,8H,4-6,14H2,1H3,(H,17,18).